The second-order valence-electron chi connectivity index (χ2n) is 12.7. The Kier molecular flexibility index (Phi) is 16.2. The Morgan fingerprint density at radius 2 is 1.39 bits per heavy atom. The molecule has 0 bridgehead atoms. The Hall–Kier alpha value is -4.83. The molecule has 0 spiro atoms. The minimum absolute atomic E-state index is 0.0765. The van der Waals surface area contributed by atoms with E-state index in [0.717, 1.165) is 47.9 Å². The number of hydrogen-bond donors (Lipinski definition) is 4. The molecule has 262 valence electrons. The Bertz CT molecular complexity index is 1500. The Labute approximate surface area is 290 Å². The van der Waals surface area contributed by atoms with Crippen molar-refractivity contribution in [3.8, 4) is 11.1 Å². The summed E-state index contributed by atoms with van der Waals surface area (Å²) in [4.78, 5) is 54.6. The zero-order valence-electron chi connectivity index (χ0n) is 29.0. The number of ether oxygens (including phenoxy) is 1. The van der Waals surface area contributed by atoms with Crippen molar-refractivity contribution >= 4 is 29.6 Å². The summed E-state index contributed by atoms with van der Waals surface area (Å²) in [5.41, 5.74) is 8.93. The average Bonchev–Trinajstić information content (AvgIpc) is 3.11. The number of nitrogens with one attached hydrogen (secondary N) is 3. The standard InChI is InChI=1S/C39H51N5O5/c1-28(2)18-23-33(41)38(47)49-39(48)43-34(26-30-19-21-32(22-20-30)31-16-10-7-11-17-31)37(46)44(3)35(27-29-14-8-6-9-15-29)36(45)42-25-13-5-4-12-24-40/h6-11,14-17,19-22,28,34-35,41H,4-5,12-13,18,23-27,40H2,1-3H3,(H,42,45)(H,43,48). The number of rotatable bonds is 19. The third-order valence-electron chi connectivity index (χ3n) is 8.31. The topological polar surface area (TPSA) is 155 Å². The first-order valence-corrected chi connectivity index (χ1v) is 17.1. The molecule has 0 radical (unpaired) electrons. The molecule has 2 unspecified atom stereocenters. The van der Waals surface area contributed by atoms with Gasteiger partial charge >= 0.3 is 12.1 Å². The Morgan fingerprint density at radius 1 is 0.796 bits per heavy atom. The summed E-state index contributed by atoms with van der Waals surface area (Å²) in [6.07, 6.45) is 3.60. The first kappa shape index (κ1) is 38.6. The molecule has 0 aromatic heterocycles. The summed E-state index contributed by atoms with van der Waals surface area (Å²) in [6.45, 7) is 5.04. The first-order chi connectivity index (χ1) is 23.6. The number of unbranched alkanes of at least 4 members (excludes halogenated alkanes) is 3. The molecule has 0 aliphatic rings. The van der Waals surface area contributed by atoms with Gasteiger partial charge in [-0.3, -0.25) is 15.0 Å². The van der Waals surface area contributed by atoms with Crippen LogP contribution in [0.5, 0.6) is 0 Å². The number of carbonyl (C=O) groups is 4. The van der Waals surface area contributed by atoms with E-state index in [4.69, 9.17) is 15.9 Å². The van der Waals surface area contributed by atoms with Gasteiger partial charge in [0.25, 0.3) is 0 Å². The van der Waals surface area contributed by atoms with Crippen LogP contribution in [0.3, 0.4) is 0 Å². The second kappa shape index (κ2) is 20.5. The maximum atomic E-state index is 14.2. The molecule has 10 heteroatoms. The fraction of sp³-hybridized carbons (Fsp3) is 0.410. The first-order valence-electron chi connectivity index (χ1n) is 17.1. The van der Waals surface area contributed by atoms with Crippen LogP contribution in [0, 0.1) is 11.3 Å². The second-order valence-corrected chi connectivity index (χ2v) is 12.7. The number of nitrogens with zero attached hydrogens (tertiary/aromatic N) is 1. The van der Waals surface area contributed by atoms with E-state index >= 15 is 0 Å². The SMILES string of the molecule is CC(C)CCC(=N)C(=O)OC(=O)NC(Cc1ccc(-c2ccccc2)cc1)C(=O)N(C)C(Cc1ccccc1)C(=O)NCCCCCCN. The third-order valence-corrected chi connectivity index (χ3v) is 8.31. The van der Waals surface area contributed by atoms with E-state index < -0.39 is 30.1 Å². The monoisotopic (exact) mass is 669 g/mol. The fourth-order valence-corrected chi connectivity index (χ4v) is 5.35. The molecular formula is C39H51N5O5. The summed E-state index contributed by atoms with van der Waals surface area (Å²) < 4.78 is 4.95. The van der Waals surface area contributed by atoms with Crippen molar-refractivity contribution in [3.05, 3.63) is 96.1 Å². The normalized spacial score (nSPS) is 12.1. The lowest BCUT2D eigenvalue weighted by Crippen LogP contribution is -2.56. The van der Waals surface area contributed by atoms with E-state index in [2.05, 4.69) is 10.6 Å². The van der Waals surface area contributed by atoms with Crippen LogP contribution in [0.25, 0.3) is 11.1 Å². The molecule has 49 heavy (non-hydrogen) atoms. The van der Waals surface area contributed by atoms with Gasteiger partial charge in [0.1, 0.15) is 17.8 Å². The maximum Gasteiger partial charge on any atom is 0.415 e. The zero-order valence-corrected chi connectivity index (χ0v) is 29.0. The molecule has 0 fully saturated rings. The molecule has 3 amide bonds. The lowest BCUT2D eigenvalue weighted by Gasteiger charge is -2.31. The summed E-state index contributed by atoms with van der Waals surface area (Å²) in [6, 6.07) is 24.9. The van der Waals surface area contributed by atoms with Gasteiger partial charge in [-0.05, 0) is 60.4 Å². The molecule has 10 nitrogen and oxygen atoms in total. The molecule has 3 aromatic rings. The molecule has 3 rings (SSSR count). The number of esters is 1. The highest BCUT2D eigenvalue weighted by Gasteiger charge is 2.33. The lowest BCUT2D eigenvalue weighted by atomic mass is 9.99. The van der Waals surface area contributed by atoms with Gasteiger partial charge in [0.15, 0.2) is 0 Å². The number of benzene rings is 3. The van der Waals surface area contributed by atoms with Crippen molar-refractivity contribution in [2.24, 2.45) is 11.7 Å². The van der Waals surface area contributed by atoms with E-state index in [1.54, 1.807) is 7.05 Å². The summed E-state index contributed by atoms with van der Waals surface area (Å²) in [7, 11) is 1.54. The fourth-order valence-electron chi connectivity index (χ4n) is 5.35. The van der Waals surface area contributed by atoms with Crippen LogP contribution in [-0.4, -0.2) is 66.7 Å². The van der Waals surface area contributed by atoms with Gasteiger partial charge in [-0.25, -0.2) is 9.59 Å². The molecule has 0 aliphatic heterocycles. The van der Waals surface area contributed by atoms with E-state index in [-0.39, 0.29) is 36.8 Å². The predicted octanol–water partition coefficient (Wildman–Crippen LogP) is 5.68. The van der Waals surface area contributed by atoms with Crippen LogP contribution < -0.4 is 16.4 Å². The van der Waals surface area contributed by atoms with Crippen molar-refractivity contribution in [1.29, 1.82) is 5.41 Å². The van der Waals surface area contributed by atoms with Gasteiger partial charge in [-0.1, -0.05) is 112 Å². The van der Waals surface area contributed by atoms with E-state index in [0.29, 0.717) is 19.5 Å². The molecular weight excluding hydrogens is 618 g/mol. The van der Waals surface area contributed by atoms with Crippen LogP contribution in [0.15, 0.2) is 84.9 Å². The van der Waals surface area contributed by atoms with Crippen molar-refractivity contribution in [3.63, 3.8) is 0 Å². The van der Waals surface area contributed by atoms with Gasteiger partial charge in [-0.15, -0.1) is 0 Å². The minimum Gasteiger partial charge on any atom is -0.372 e. The van der Waals surface area contributed by atoms with Crippen LogP contribution in [0.1, 0.15) is 63.5 Å². The zero-order chi connectivity index (χ0) is 35.6. The molecule has 0 aliphatic carbocycles. The summed E-state index contributed by atoms with van der Waals surface area (Å²) in [5.74, 6) is -1.62. The van der Waals surface area contributed by atoms with E-state index in [1.807, 2.05) is 98.8 Å². The molecule has 0 saturated heterocycles. The molecule has 3 aromatic carbocycles. The van der Waals surface area contributed by atoms with Crippen molar-refractivity contribution in [2.75, 3.05) is 20.1 Å². The quantitative estimate of drug-likeness (QED) is 0.0558. The highest BCUT2D eigenvalue weighted by Crippen LogP contribution is 2.20. The van der Waals surface area contributed by atoms with Crippen LogP contribution in [-0.2, 0) is 32.0 Å². The number of amides is 3. The average molecular weight is 670 g/mol. The number of likely N-dealkylation sites (N-methyl/N-ethyl adjacent to an activating group) is 1. The summed E-state index contributed by atoms with van der Waals surface area (Å²) in [5, 5.41) is 13.6. The highest BCUT2D eigenvalue weighted by molar-refractivity contribution is 6.36. The Morgan fingerprint density at radius 3 is 2.02 bits per heavy atom. The van der Waals surface area contributed by atoms with Gasteiger partial charge in [0.2, 0.25) is 11.8 Å². The van der Waals surface area contributed by atoms with Gasteiger partial charge in [0, 0.05) is 26.4 Å². The third kappa shape index (κ3) is 13.3. The van der Waals surface area contributed by atoms with Crippen LogP contribution in [0.4, 0.5) is 4.79 Å². The van der Waals surface area contributed by atoms with E-state index in [9.17, 15) is 19.2 Å². The van der Waals surface area contributed by atoms with Gasteiger partial charge < -0.3 is 26.0 Å². The minimum atomic E-state index is -1.17. The summed E-state index contributed by atoms with van der Waals surface area (Å²) >= 11 is 0. The van der Waals surface area contributed by atoms with Crippen molar-refractivity contribution in [1.82, 2.24) is 15.5 Å². The molecule has 0 saturated carbocycles. The van der Waals surface area contributed by atoms with Crippen molar-refractivity contribution in [2.45, 2.75) is 77.3 Å². The lowest BCUT2D eigenvalue weighted by molar-refractivity contribution is -0.140. The van der Waals surface area contributed by atoms with Gasteiger partial charge in [-0.2, -0.15) is 0 Å². The highest BCUT2D eigenvalue weighted by atomic mass is 16.6. The number of nitrogens with two attached hydrogens (primary N) is 1. The Balaban J connectivity index is 1.82. The van der Waals surface area contributed by atoms with Crippen LogP contribution in [0.2, 0.25) is 0 Å². The smallest absolute Gasteiger partial charge is 0.372 e. The van der Waals surface area contributed by atoms with Gasteiger partial charge in [0.05, 0.1) is 0 Å². The number of carbonyl (C=O) groups excluding carboxylic acids is 4. The van der Waals surface area contributed by atoms with Crippen molar-refractivity contribution < 1.29 is 23.9 Å². The van der Waals surface area contributed by atoms with E-state index in [1.165, 1.54) is 4.90 Å². The molecule has 2 atom stereocenters. The van der Waals surface area contributed by atoms with Crippen LogP contribution >= 0.6 is 0 Å². The largest absolute Gasteiger partial charge is 0.415 e. The molecule has 5 N–H and O–H groups in total. The number of alkyl carbamates (subject to hydrolysis) is 1. The maximum absolute atomic E-state index is 14.2. The molecule has 0 heterocycles. The number of hydrogen-bond acceptors (Lipinski definition) is 7. The predicted molar refractivity (Wildman–Crippen MR) is 193 cm³/mol.